The number of hydrogen-bond donors (Lipinski definition) is 0. The third kappa shape index (κ3) is 8.81. The highest BCUT2D eigenvalue weighted by Crippen LogP contribution is 2.42. The molecule has 0 aliphatic heterocycles. The second-order valence-corrected chi connectivity index (χ2v) is 16.0. The van der Waals surface area contributed by atoms with E-state index in [1.165, 1.54) is 43.8 Å². The van der Waals surface area contributed by atoms with Crippen molar-refractivity contribution in [2.75, 3.05) is 33.7 Å². The molecule has 2 unspecified atom stereocenters. The average Bonchev–Trinajstić information content (AvgIpc) is 3.17. The van der Waals surface area contributed by atoms with Gasteiger partial charge in [0.1, 0.15) is 0 Å². The summed E-state index contributed by atoms with van der Waals surface area (Å²) >= 11 is 0. The molecule has 53 heavy (non-hydrogen) atoms. The molecule has 0 saturated heterocycles. The predicted octanol–water partition coefficient (Wildman–Crippen LogP) is 11.6. The van der Waals surface area contributed by atoms with Crippen LogP contribution in [0.5, 0.6) is 0 Å². The zero-order valence-corrected chi connectivity index (χ0v) is 32.9. The normalized spacial score (nSPS) is 14.5. The van der Waals surface area contributed by atoms with Crippen molar-refractivity contribution in [3.63, 3.8) is 0 Å². The molecular formula is C50H59N3. The molecule has 6 aromatic carbocycles. The van der Waals surface area contributed by atoms with Crippen LogP contribution in [-0.2, 0) is 23.9 Å². The SMILES string of the molecule is CC(C)C(C=NCC(CCN(C)Cc1ccccc1)(c1cccc2ccccc12)C(C)C)(CCN(C)Cc1ccccc1)c1cccc2ccccc12. The Morgan fingerprint density at radius 1 is 0.509 bits per heavy atom. The van der Waals surface area contributed by atoms with Crippen LogP contribution in [0, 0.1) is 11.8 Å². The van der Waals surface area contributed by atoms with Crippen LogP contribution in [0.4, 0.5) is 0 Å². The van der Waals surface area contributed by atoms with Crippen LogP contribution < -0.4 is 0 Å². The van der Waals surface area contributed by atoms with Crippen molar-refractivity contribution in [1.29, 1.82) is 0 Å². The van der Waals surface area contributed by atoms with Gasteiger partial charge in [0.2, 0.25) is 0 Å². The second kappa shape index (κ2) is 17.5. The van der Waals surface area contributed by atoms with Crippen LogP contribution in [0.15, 0.2) is 151 Å². The van der Waals surface area contributed by atoms with Gasteiger partial charge in [-0.05, 0) is 95.7 Å². The molecule has 0 spiro atoms. The second-order valence-electron chi connectivity index (χ2n) is 16.0. The summed E-state index contributed by atoms with van der Waals surface area (Å²) in [6.45, 7) is 14.1. The van der Waals surface area contributed by atoms with E-state index in [2.05, 4.69) is 203 Å². The maximum absolute atomic E-state index is 5.69. The number of fused-ring (bicyclic) bond motifs is 2. The lowest BCUT2D eigenvalue weighted by molar-refractivity contribution is 0.231. The van der Waals surface area contributed by atoms with E-state index in [1.807, 2.05) is 0 Å². The summed E-state index contributed by atoms with van der Waals surface area (Å²) in [6.07, 6.45) is 4.39. The summed E-state index contributed by atoms with van der Waals surface area (Å²) in [4.78, 5) is 10.6. The Kier molecular flexibility index (Phi) is 12.6. The average molecular weight is 702 g/mol. The molecule has 0 fully saturated rings. The monoisotopic (exact) mass is 701 g/mol. The standard InChI is InChI=1S/C50H59N3/c1-39(2)49(31-33-52(5)35-41-19-9-7-10-20-41,47-29-17-25-43-23-13-15-27-45(43)47)37-51-38-50(40(3)4,32-34-53(6)36-42-21-11-8-12-22-42)48-30-18-26-44-24-14-16-28-46(44)48/h7-30,37,39-40H,31-36,38H2,1-6H3. The minimum absolute atomic E-state index is 0.159. The zero-order chi connectivity index (χ0) is 37.3. The van der Waals surface area contributed by atoms with Crippen molar-refractivity contribution in [3.8, 4) is 0 Å². The fourth-order valence-corrected chi connectivity index (χ4v) is 8.48. The summed E-state index contributed by atoms with van der Waals surface area (Å²) in [6, 6.07) is 53.3. The molecule has 0 amide bonds. The summed E-state index contributed by atoms with van der Waals surface area (Å²) in [5.41, 5.74) is 5.08. The smallest absolute Gasteiger partial charge is 0.0485 e. The first kappa shape index (κ1) is 38.2. The van der Waals surface area contributed by atoms with Crippen LogP contribution >= 0.6 is 0 Å². The van der Waals surface area contributed by atoms with E-state index >= 15 is 0 Å². The van der Waals surface area contributed by atoms with Gasteiger partial charge in [0, 0.05) is 36.7 Å². The van der Waals surface area contributed by atoms with Crippen molar-refractivity contribution < 1.29 is 0 Å². The lowest BCUT2D eigenvalue weighted by atomic mass is 9.67. The maximum Gasteiger partial charge on any atom is 0.0485 e. The van der Waals surface area contributed by atoms with Crippen molar-refractivity contribution >= 4 is 27.8 Å². The van der Waals surface area contributed by atoms with E-state index in [4.69, 9.17) is 4.99 Å². The van der Waals surface area contributed by atoms with Gasteiger partial charge in [-0.25, -0.2) is 0 Å². The van der Waals surface area contributed by atoms with E-state index in [0.29, 0.717) is 11.8 Å². The first-order chi connectivity index (χ1) is 25.7. The van der Waals surface area contributed by atoms with Gasteiger partial charge in [0.25, 0.3) is 0 Å². The molecule has 6 rings (SSSR count). The zero-order valence-electron chi connectivity index (χ0n) is 32.9. The number of nitrogens with zero attached hydrogens (tertiary/aromatic N) is 3. The molecule has 0 saturated carbocycles. The van der Waals surface area contributed by atoms with E-state index in [0.717, 1.165) is 45.6 Å². The van der Waals surface area contributed by atoms with Gasteiger partial charge in [-0.3, -0.25) is 4.99 Å². The quantitative estimate of drug-likeness (QED) is 0.0882. The Morgan fingerprint density at radius 2 is 0.962 bits per heavy atom. The molecule has 0 radical (unpaired) electrons. The highest BCUT2D eigenvalue weighted by atomic mass is 15.1. The van der Waals surface area contributed by atoms with Gasteiger partial charge in [0.15, 0.2) is 0 Å². The van der Waals surface area contributed by atoms with Crippen LogP contribution in [0.25, 0.3) is 21.5 Å². The van der Waals surface area contributed by atoms with Gasteiger partial charge in [-0.15, -0.1) is 0 Å². The molecule has 0 N–H and O–H groups in total. The van der Waals surface area contributed by atoms with Gasteiger partial charge < -0.3 is 9.80 Å². The van der Waals surface area contributed by atoms with E-state index in [1.54, 1.807) is 0 Å². The number of rotatable bonds is 17. The minimum Gasteiger partial charge on any atom is -0.302 e. The Balaban J connectivity index is 1.40. The topological polar surface area (TPSA) is 18.8 Å². The third-order valence-corrected chi connectivity index (χ3v) is 11.9. The van der Waals surface area contributed by atoms with Gasteiger partial charge in [0.05, 0.1) is 0 Å². The van der Waals surface area contributed by atoms with E-state index in [9.17, 15) is 0 Å². The minimum atomic E-state index is -0.253. The Labute approximate surface area is 319 Å². The first-order valence-electron chi connectivity index (χ1n) is 19.6. The number of hydrogen-bond acceptors (Lipinski definition) is 3. The molecule has 3 nitrogen and oxygen atoms in total. The first-order valence-corrected chi connectivity index (χ1v) is 19.6. The Morgan fingerprint density at radius 3 is 1.49 bits per heavy atom. The summed E-state index contributed by atoms with van der Waals surface area (Å²) < 4.78 is 0. The predicted molar refractivity (Wildman–Crippen MR) is 229 cm³/mol. The molecule has 2 atom stereocenters. The fraction of sp³-hybridized carbons (Fsp3) is 0.340. The molecule has 0 aliphatic rings. The third-order valence-electron chi connectivity index (χ3n) is 11.9. The highest BCUT2D eigenvalue weighted by molar-refractivity contribution is 5.91. The largest absolute Gasteiger partial charge is 0.302 e. The van der Waals surface area contributed by atoms with E-state index in [-0.39, 0.29) is 10.8 Å². The lowest BCUT2D eigenvalue weighted by Crippen LogP contribution is -2.41. The fourth-order valence-electron chi connectivity index (χ4n) is 8.48. The Bertz CT molecular complexity index is 2060. The number of aliphatic imine (C=N–C) groups is 1. The van der Waals surface area contributed by atoms with E-state index < -0.39 is 0 Å². The summed E-state index contributed by atoms with van der Waals surface area (Å²) in [5.74, 6) is 0.712. The summed E-state index contributed by atoms with van der Waals surface area (Å²) in [7, 11) is 4.52. The molecule has 0 bridgehead atoms. The molecule has 6 aromatic rings. The molecule has 3 heteroatoms. The molecule has 0 aliphatic carbocycles. The van der Waals surface area contributed by atoms with Crippen LogP contribution in [0.3, 0.4) is 0 Å². The van der Waals surface area contributed by atoms with Crippen molar-refractivity contribution in [3.05, 3.63) is 168 Å². The van der Waals surface area contributed by atoms with Crippen molar-refractivity contribution in [1.82, 2.24) is 9.80 Å². The number of benzene rings is 6. The van der Waals surface area contributed by atoms with Crippen LogP contribution in [0.2, 0.25) is 0 Å². The Hall–Kier alpha value is -4.57. The van der Waals surface area contributed by atoms with Crippen LogP contribution in [0.1, 0.15) is 62.8 Å². The molecule has 0 aromatic heterocycles. The molecular weight excluding hydrogens is 643 g/mol. The highest BCUT2D eigenvalue weighted by Gasteiger charge is 2.39. The van der Waals surface area contributed by atoms with Gasteiger partial charge in [-0.2, -0.15) is 0 Å². The maximum atomic E-state index is 5.69. The van der Waals surface area contributed by atoms with Crippen molar-refractivity contribution in [2.24, 2.45) is 16.8 Å². The van der Waals surface area contributed by atoms with Gasteiger partial charge >= 0.3 is 0 Å². The summed E-state index contributed by atoms with van der Waals surface area (Å²) in [5, 5.41) is 5.25. The van der Waals surface area contributed by atoms with Crippen molar-refractivity contribution in [2.45, 2.75) is 64.5 Å². The van der Waals surface area contributed by atoms with Gasteiger partial charge in [-0.1, -0.05) is 173 Å². The van der Waals surface area contributed by atoms with Crippen LogP contribution in [-0.4, -0.2) is 49.7 Å². The molecule has 0 heterocycles. The lowest BCUT2D eigenvalue weighted by Gasteiger charge is -2.41. The molecule has 274 valence electrons.